The van der Waals surface area contributed by atoms with Crippen molar-refractivity contribution in [1.29, 1.82) is 0 Å². The first-order valence-corrected chi connectivity index (χ1v) is 11.2. The van der Waals surface area contributed by atoms with Crippen molar-refractivity contribution in [3.8, 4) is 23.0 Å². The van der Waals surface area contributed by atoms with Crippen LogP contribution in [0.4, 0.5) is 10.8 Å². The van der Waals surface area contributed by atoms with Crippen molar-refractivity contribution >= 4 is 44.4 Å². The second-order valence-corrected chi connectivity index (χ2v) is 8.11. The maximum Gasteiger partial charge on any atom is 0.257 e. The van der Waals surface area contributed by atoms with Crippen LogP contribution in [-0.2, 0) is 4.79 Å². The Morgan fingerprint density at radius 1 is 0.853 bits per heavy atom. The molecule has 174 valence electrons. The summed E-state index contributed by atoms with van der Waals surface area (Å²) in [6, 6.07) is 18.7. The highest BCUT2D eigenvalue weighted by molar-refractivity contribution is 7.22. The van der Waals surface area contributed by atoms with E-state index in [1.165, 1.54) is 17.4 Å². The fourth-order valence-electron chi connectivity index (χ4n) is 3.53. The Labute approximate surface area is 201 Å². The number of hydrogen-bond acceptors (Lipinski definition) is 7. The molecule has 1 aromatic heterocycles. The van der Waals surface area contributed by atoms with Crippen molar-refractivity contribution in [3.05, 3.63) is 72.3 Å². The highest BCUT2D eigenvalue weighted by Gasteiger charge is 2.23. The van der Waals surface area contributed by atoms with Crippen LogP contribution in [0.2, 0.25) is 0 Å². The van der Waals surface area contributed by atoms with Gasteiger partial charge in [-0.05, 0) is 48.0 Å². The predicted molar refractivity (Wildman–Crippen MR) is 135 cm³/mol. The fraction of sp³-hybridized carbons (Fsp3) is 0.154. The number of nitrogens with zero attached hydrogens (tertiary/aromatic N) is 2. The Balaban J connectivity index is 1.76. The number of carbonyl (C=O) groups is 1. The van der Waals surface area contributed by atoms with Gasteiger partial charge in [0.1, 0.15) is 5.75 Å². The molecule has 0 aliphatic carbocycles. The number of aromatic nitrogens is 1. The van der Waals surface area contributed by atoms with Crippen LogP contribution in [0.25, 0.3) is 16.3 Å². The van der Waals surface area contributed by atoms with E-state index in [2.05, 4.69) is 0 Å². The number of hydrogen-bond donors (Lipinski definition) is 0. The quantitative estimate of drug-likeness (QED) is 0.304. The van der Waals surface area contributed by atoms with Crippen LogP contribution in [0.15, 0.2) is 66.7 Å². The van der Waals surface area contributed by atoms with Crippen molar-refractivity contribution in [2.45, 2.75) is 0 Å². The molecule has 0 radical (unpaired) electrons. The summed E-state index contributed by atoms with van der Waals surface area (Å²) in [5, 5.41) is 0.547. The van der Waals surface area contributed by atoms with Gasteiger partial charge in [0, 0.05) is 6.08 Å². The topological polar surface area (TPSA) is 70.1 Å². The second-order valence-electron chi connectivity index (χ2n) is 7.10. The van der Waals surface area contributed by atoms with Gasteiger partial charge in [-0.15, -0.1) is 0 Å². The van der Waals surface area contributed by atoms with Crippen molar-refractivity contribution in [2.75, 3.05) is 33.3 Å². The zero-order valence-electron chi connectivity index (χ0n) is 19.3. The average Bonchev–Trinajstić information content (AvgIpc) is 3.30. The molecule has 0 atom stereocenters. The number of methoxy groups -OCH3 is 4. The van der Waals surface area contributed by atoms with Crippen LogP contribution in [0.5, 0.6) is 23.0 Å². The minimum absolute atomic E-state index is 0.280. The maximum absolute atomic E-state index is 13.6. The third-order valence-corrected chi connectivity index (χ3v) is 6.15. The summed E-state index contributed by atoms with van der Waals surface area (Å²) in [6.07, 6.45) is 3.18. The van der Waals surface area contributed by atoms with Crippen LogP contribution in [0, 0.1) is 0 Å². The summed E-state index contributed by atoms with van der Waals surface area (Å²) >= 11 is 1.43. The van der Waals surface area contributed by atoms with Gasteiger partial charge in [0.15, 0.2) is 16.6 Å². The number of fused-ring (bicyclic) bond motifs is 1. The number of thiazole rings is 1. The van der Waals surface area contributed by atoms with E-state index in [0.717, 1.165) is 10.2 Å². The van der Waals surface area contributed by atoms with Gasteiger partial charge < -0.3 is 18.9 Å². The summed E-state index contributed by atoms with van der Waals surface area (Å²) < 4.78 is 22.7. The third kappa shape index (κ3) is 4.53. The van der Waals surface area contributed by atoms with Gasteiger partial charge in [-0.25, -0.2) is 9.88 Å². The molecule has 0 bridgehead atoms. The molecule has 0 fully saturated rings. The molecule has 7 nitrogen and oxygen atoms in total. The molecule has 0 N–H and O–H groups in total. The predicted octanol–water partition coefficient (Wildman–Crippen LogP) is 5.71. The first kappa shape index (κ1) is 23.1. The molecule has 8 heteroatoms. The van der Waals surface area contributed by atoms with Gasteiger partial charge >= 0.3 is 0 Å². The first-order valence-electron chi connectivity index (χ1n) is 10.4. The van der Waals surface area contributed by atoms with Gasteiger partial charge in [0.2, 0.25) is 5.75 Å². The smallest absolute Gasteiger partial charge is 0.257 e. The van der Waals surface area contributed by atoms with E-state index >= 15 is 0 Å². The van der Waals surface area contributed by atoms with E-state index in [1.807, 2.05) is 48.5 Å². The zero-order chi connectivity index (χ0) is 24.1. The standard InChI is InChI=1S/C26H24N2O5S/c1-30-20-11-7-6-10-19(20)28(26-27-18-9-5-8-12-23(18)34-26)24(29)14-13-17-15-21(31-2)25(33-4)22(16-17)32-3/h5-16H,1-4H3/b14-13+. The number of rotatable bonds is 8. The normalized spacial score (nSPS) is 10.9. The molecule has 0 saturated carbocycles. The zero-order valence-corrected chi connectivity index (χ0v) is 20.1. The lowest BCUT2D eigenvalue weighted by Crippen LogP contribution is -2.24. The van der Waals surface area contributed by atoms with E-state index in [9.17, 15) is 4.79 Å². The van der Waals surface area contributed by atoms with Crippen molar-refractivity contribution in [2.24, 2.45) is 0 Å². The van der Waals surface area contributed by atoms with Gasteiger partial charge in [-0.1, -0.05) is 35.6 Å². The van der Waals surface area contributed by atoms with Gasteiger partial charge in [0.25, 0.3) is 5.91 Å². The second kappa shape index (κ2) is 10.3. The summed E-state index contributed by atoms with van der Waals surface area (Å²) in [7, 11) is 6.22. The SMILES string of the molecule is COc1ccccc1N(C(=O)/C=C/c1cc(OC)c(OC)c(OC)c1)c1nc2ccccc2s1. The molecule has 4 aromatic rings. The van der Waals surface area contributed by atoms with E-state index < -0.39 is 0 Å². The molecule has 1 amide bonds. The minimum Gasteiger partial charge on any atom is -0.495 e. The number of benzene rings is 3. The molecule has 0 aliphatic rings. The first-order chi connectivity index (χ1) is 16.6. The molecule has 0 spiro atoms. The summed E-state index contributed by atoms with van der Waals surface area (Å²) in [4.78, 5) is 19.8. The van der Waals surface area contributed by atoms with Gasteiger partial charge in [-0.3, -0.25) is 4.79 Å². The summed E-state index contributed by atoms with van der Waals surface area (Å²) in [5.41, 5.74) is 2.14. The Hall–Kier alpha value is -4.04. The average molecular weight is 477 g/mol. The van der Waals surface area contributed by atoms with Crippen molar-refractivity contribution in [3.63, 3.8) is 0 Å². The largest absolute Gasteiger partial charge is 0.495 e. The molecule has 0 aliphatic heterocycles. The van der Waals surface area contributed by atoms with Gasteiger partial charge in [0.05, 0.1) is 44.3 Å². The lowest BCUT2D eigenvalue weighted by molar-refractivity contribution is -0.113. The lowest BCUT2D eigenvalue weighted by atomic mass is 10.1. The Morgan fingerprint density at radius 2 is 1.50 bits per heavy atom. The highest BCUT2D eigenvalue weighted by Crippen LogP contribution is 2.40. The van der Waals surface area contributed by atoms with E-state index in [4.69, 9.17) is 23.9 Å². The Morgan fingerprint density at radius 3 is 2.15 bits per heavy atom. The molecule has 0 saturated heterocycles. The van der Waals surface area contributed by atoms with E-state index in [0.29, 0.717) is 39.4 Å². The maximum atomic E-state index is 13.6. The molecular weight excluding hydrogens is 452 g/mol. The molecule has 1 heterocycles. The van der Waals surface area contributed by atoms with Crippen molar-refractivity contribution in [1.82, 2.24) is 4.98 Å². The van der Waals surface area contributed by atoms with Crippen LogP contribution < -0.4 is 23.8 Å². The molecule has 4 rings (SSSR count). The number of ether oxygens (including phenoxy) is 4. The number of para-hydroxylation sites is 3. The van der Waals surface area contributed by atoms with E-state index in [1.54, 1.807) is 51.5 Å². The molecule has 34 heavy (non-hydrogen) atoms. The van der Waals surface area contributed by atoms with Crippen molar-refractivity contribution < 1.29 is 23.7 Å². The minimum atomic E-state index is -0.280. The molecular formula is C26H24N2O5S. The van der Waals surface area contributed by atoms with Crippen LogP contribution in [0.3, 0.4) is 0 Å². The molecule has 3 aromatic carbocycles. The van der Waals surface area contributed by atoms with E-state index in [-0.39, 0.29) is 5.91 Å². The molecule has 0 unspecified atom stereocenters. The van der Waals surface area contributed by atoms with Crippen LogP contribution in [0.1, 0.15) is 5.56 Å². The Bertz CT molecular complexity index is 1290. The monoisotopic (exact) mass is 476 g/mol. The number of anilines is 2. The fourth-order valence-corrected chi connectivity index (χ4v) is 4.51. The summed E-state index contributed by atoms with van der Waals surface area (Å²) in [5.74, 6) is 1.77. The third-order valence-electron chi connectivity index (χ3n) is 5.13. The highest BCUT2D eigenvalue weighted by atomic mass is 32.1. The summed E-state index contributed by atoms with van der Waals surface area (Å²) in [6.45, 7) is 0. The van der Waals surface area contributed by atoms with Gasteiger partial charge in [-0.2, -0.15) is 0 Å². The number of amides is 1. The van der Waals surface area contributed by atoms with Crippen LogP contribution >= 0.6 is 11.3 Å². The van der Waals surface area contributed by atoms with Crippen LogP contribution in [-0.4, -0.2) is 39.3 Å². The lowest BCUT2D eigenvalue weighted by Gasteiger charge is -2.20. The Kier molecular flexibility index (Phi) is 6.98. The number of carbonyl (C=O) groups excluding carboxylic acids is 1.